The number of thiophene rings is 1. The Hall–Kier alpha value is -0.520. The molecule has 3 aliphatic rings. The molecule has 0 radical (unpaired) electrons. The molecule has 4 rings (SSSR count). The van der Waals surface area contributed by atoms with Gasteiger partial charge in [0.15, 0.2) is 5.78 Å². The number of nitrogens with one attached hydrogen (secondary N) is 1. The summed E-state index contributed by atoms with van der Waals surface area (Å²) in [5.41, 5.74) is 3.32. The van der Waals surface area contributed by atoms with E-state index >= 15 is 0 Å². The summed E-state index contributed by atoms with van der Waals surface area (Å²) in [5, 5.41) is 3.60. The van der Waals surface area contributed by atoms with Gasteiger partial charge in [0.1, 0.15) is 0 Å². The molecule has 1 atom stereocenters. The lowest BCUT2D eigenvalue weighted by Crippen LogP contribution is -2.38. The van der Waals surface area contributed by atoms with Crippen LogP contribution in [0, 0.1) is 5.41 Å². The van der Waals surface area contributed by atoms with Crippen molar-refractivity contribution in [2.24, 2.45) is 5.41 Å². The van der Waals surface area contributed by atoms with E-state index in [4.69, 9.17) is 0 Å². The summed E-state index contributed by atoms with van der Waals surface area (Å²) in [7, 11) is 0. The van der Waals surface area contributed by atoms with Crippen molar-refractivity contribution in [3.05, 3.63) is 42.7 Å². The largest absolute Gasteiger partial charge is 0.361 e. The second-order valence-electron chi connectivity index (χ2n) is 6.75. The SMILES string of the molecule is CC1(C)CCC2=C(C1=O)C(c1ccc(Br)s1)C1=C(CCS1)N2. The number of hydrogen-bond acceptors (Lipinski definition) is 4. The van der Waals surface area contributed by atoms with Crippen molar-refractivity contribution in [1.82, 2.24) is 5.32 Å². The number of halogens is 1. The zero-order valence-corrected chi connectivity index (χ0v) is 15.9. The summed E-state index contributed by atoms with van der Waals surface area (Å²) in [6, 6.07) is 4.27. The van der Waals surface area contributed by atoms with Crippen molar-refractivity contribution >= 4 is 44.8 Å². The van der Waals surface area contributed by atoms with Gasteiger partial charge in [-0.2, -0.15) is 0 Å². The van der Waals surface area contributed by atoms with Crippen LogP contribution in [-0.2, 0) is 4.79 Å². The highest BCUT2D eigenvalue weighted by molar-refractivity contribution is 9.11. The Morgan fingerprint density at radius 1 is 1.27 bits per heavy atom. The van der Waals surface area contributed by atoms with Crippen LogP contribution in [0.1, 0.15) is 43.9 Å². The van der Waals surface area contributed by atoms with Crippen LogP contribution in [0.3, 0.4) is 0 Å². The third kappa shape index (κ3) is 2.24. The minimum Gasteiger partial charge on any atom is -0.361 e. The minimum absolute atomic E-state index is 0.155. The van der Waals surface area contributed by atoms with Crippen molar-refractivity contribution < 1.29 is 4.79 Å². The van der Waals surface area contributed by atoms with Crippen LogP contribution in [-0.4, -0.2) is 11.5 Å². The van der Waals surface area contributed by atoms with Crippen LogP contribution in [0.5, 0.6) is 0 Å². The zero-order chi connectivity index (χ0) is 15.5. The highest BCUT2D eigenvalue weighted by atomic mass is 79.9. The average molecular weight is 396 g/mol. The van der Waals surface area contributed by atoms with Crippen molar-refractivity contribution in [2.75, 3.05) is 5.75 Å². The fourth-order valence-corrected chi connectivity index (χ4v) is 6.43. The van der Waals surface area contributed by atoms with Gasteiger partial charge in [0.2, 0.25) is 0 Å². The summed E-state index contributed by atoms with van der Waals surface area (Å²) in [4.78, 5) is 15.8. The molecule has 1 aromatic rings. The zero-order valence-electron chi connectivity index (χ0n) is 12.7. The number of ketones is 1. The molecule has 1 N–H and O–H groups in total. The maximum Gasteiger partial charge on any atom is 0.167 e. The summed E-state index contributed by atoms with van der Waals surface area (Å²) in [5.74, 6) is 1.61. The van der Waals surface area contributed by atoms with Crippen molar-refractivity contribution in [3.8, 4) is 0 Å². The van der Waals surface area contributed by atoms with Crippen LogP contribution in [0.2, 0.25) is 0 Å². The van der Waals surface area contributed by atoms with Crippen molar-refractivity contribution in [3.63, 3.8) is 0 Å². The summed E-state index contributed by atoms with van der Waals surface area (Å²) >= 11 is 7.25. The van der Waals surface area contributed by atoms with Gasteiger partial charge in [-0.05, 0) is 47.3 Å². The standard InChI is InChI=1S/C17H18BrNOS2/c1-17(2)7-5-9-13(16(17)20)14(11-3-4-12(18)22-11)15-10(19-9)6-8-21-15/h3-4,14,19H,5-8H2,1-2H3. The molecule has 0 spiro atoms. The molecule has 1 aliphatic carbocycles. The van der Waals surface area contributed by atoms with E-state index in [-0.39, 0.29) is 11.3 Å². The van der Waals surface area contributed by atoms with E-state index in [9.17, 15) is 4.79 Å². The first-order chi connectivity index (χ1) is 10.5. The molecule has 2 nitrogen and oxygen atoms in total. The molecule has 1 aromatic heterocycles. The molecule has 1 unspecified atom stereocenters. The number of hydrogen-bond donors (Lipinski definition) is 1. The number of dihydropyridines is 1. The van der Waals surface area contributed by atoms with Gasteiger partial charge in [0, 0.05) is 37.9 Å². The average Bonchev–Trinajstić information content (AvgIpc) is 3.10. The number of rotatable bonds is 1. The normalized spacial score (nSPS) is 26.9. The Bertz CT molecular complexity index is 729. The Kier molecular flexibility index (Phi) is 3.59. The lowest BCUT2D eigenvalue weighted by Gasteiger charge is -2.38. The van der Waals surface area contributed by atoms with Crippen LogP contribution >= 0.6 is 39.0 Å². The van der Waals surface area contributed by atoms with Crippen LogP contribution in [0.15, 0.2) is 37.8 Å². The molecule has 0 bridgehead atoms. The second-order valence-corrected chi connectivity index (χ2v) is 10.4. The summed E-state index contributed by atoms with van der Waals surface area (Å²) in [6.07, 6.45) is 3.02. The number of carbonyl (C=O) groups is 1. The fraction of sp³-hybridized carbons (Fsp3) is 0.471. The van der Waals surface area contributed by atoms with Gasteiger partial charge in [-0.3, -0.25) is 4.79 Å². The number of Topliss-reactive ketones (excluding diaryl/α,β-unsaturated/α-hetero) is 1. The second kappa shape index (κ2) is 5.25. The number of thioether (sulfide) groups is 1. The quantitative estimate of drug-likeness (QED) is 0.709. The minimum atomic E-state index is -0.241. The summed E-state index contributed by atoms with van der Waals surface area (Å²) in [6.45, 7) is 4.18. The number of carbonyl (C=O) groups excluding carboxylic acids is 1. The Labute approximate surface area is 147 Å². The molecule has 0 saturated carbocycles. The Morgan fingerprint density at radius 2 is 2.09 bits per heavy atom. The Balaban J connectivity index is 1.87. The first kappa shape index (κ1) is 15.0. The van der Waals surface area contributed by atoms with Crippen molar-refractivity contribution in [1.29, 1.82) is 0 Å². The molecule has 0 aromatic carbocycles. The van der Waals surface area contributed by atoms with E-state index in [0.717, 1.165) is 34.4 Å². The van der Waals surface area contributed by atoms with Gasteiger partial charge in [0.25, 0.3) is 0 Å². The lowest BCUT2D eigenvalue weighted by molar-refractivity contribution is -0.124. The molecule has 3 heterocycles. The van der Waals surface area contributed by atoms with Gasteiger partial charge in [-0.25, -0.2) is 0 Å². The molecule has 116 valence electrons. The molecule has 22 heavy (non-hydrogen) atoms. The van der Waals surface area contributed by atoms with E-state index < -0.39 is 0 Å². The maximum absolute atomic E-state index is 13.1. The highest BCUT2D eigenvalue weighted by Crippen LogP contribution is 2.53. The highest BCUT2D eigenvalue weighted by Gasteiger charge is 2.44. The predicted octanol–water partition coefficient (Wildman–Crippen LogP) is 5.19. The van der Waals surface area contributed by atoms with E-state index in [0.29, 0.717) is 5.78 Å². The third-order valence-corrected chi connectivity index (χ3v) is 7.71. The van der Waals surface area contributed by atoms with Gasteiger partial charge >= 0.3 is 0 Å². The molecule has 0 saturated heterocycles. The maximum atomic E-state index is 13.1. The number of allylic oxidation sites excluding steroid dienone is 4. The third-order valence-electron chi connectivity index (χ3n) is 4.82. The molecule has 0 fully saturated rings. The molecular weight excluding hydrogens is 378 g/mol. The van der Waals surface area contributed by atoms with Crippen LogP contribution < -0.4 is 5.32 Å². The monoisotopic (exact) mass is 395 g/mol. The summed E-state index contributed by atoms with van der Waals surface area (Å²) < 4.78 is 1.14. The lowest BCUT2D eigenvalue weighted by atomic mass is 9.70. The fourth-order valence-electron chi connectivity index (χ4n) is 3.55. The predicted molar refractivity (Wildman–Crippen MR) is 97.0 cm³/mol. The van der Waals surface area contributed by atoms with Gasteiger partial charge < -0.3 is 5.32 Å². The van der Waals surface area contributed by atoms with Gasteiger partial charge in [-0.1, -0.05) is 13.8 Å². The molecule has 0 amide bonds. The van der Waals surface area contributed by atoms with Gasteiger partial charge in [0.05, 0.1) is 9.70 Å². The molecular formula is C17H18BrNOS2. The molecule has 5 heteroatoms. The molecule has 2 aliphatic heterocycles. The Morgan fingerprint density at radius 3 is 2.82 bits per heavy atom. The first-order valence-corrected chi connectivity index (χ1v) is 10.2. The first-order valence-electron chi connectivity index (χ1n) is 7.63. The van der Waals surface area contributed by atoms with E-state index in [1.165, 1.54) is 21.2 Å². The van der Waals surface area contributed by atoms with Crippen molar-refractivity contribution in [2.45, 2.75) is 39.0 Å². The van der Waals surface area contributed by atoms with E-state index in [1.807, 2.05) is 11.8 Å². The van der Waals surface area contributed by atoms with Gasteiger partial charge in [-0.15, -0.1) is 23.1 Å². The van der Waals surface area contributed by atoms with Crippen LogP contribution in [0.4, 0.5) is 0 Å². The topological polar surface area (TPSA) is 29.1 Å². The van der Waals surface area contributed by atoms with E-state index in [2.05, 4.69) is 47.2 Å². The van der Waals surface area contributed by atoms with Crippen LogP contribution in [0.25, 0.3) is 0 Å². The van der Waals surface area contributed by atoms with E-state index in [1.54, 1.807) is 11.3 Å². The smallest absolute Gasteiger partial charge is 0.167 e.